The lowest BCUT2D eigenvalue weighted by Crippen LogP contribution is -2.43. The number of halogens is 1. The molecule has 0 spiro atoms. The summed E-state index contributed by atoms with van der Waals surface area (Å²) in [7, 11) is 0. The molecule has 20 heavy (non-hydrogen) atoms. The molecule has 1 aromatic rings. The van der Waals surface area contributed by atoms with Crippen LogP contribution in [0.3, 0.4) is 0 Å². The standard InChI is InChI=1S/C17H24BrNO/c1-2-12-5-3-4-6-16(12)19-11-15-10-13-9-14(18)7-8-17(13)20-15/h7-9,12,15-16,19H,2-6,10-11H2,1H3. The molecule has 110 valence electrons. The smallest absolute Gasteiger partial charge is 0.123 e. The van der Waals surface area contributed by atoms with Crippen molar-refractivity contribution in [3.05, 3.63) is 28.2 Å². The van der Waals surface area contributed by atoms with E-state index < -0.39 is 0 Å². The number of hydrogen-bond acceptors (Lipinski definition) is 2. The van der Waals surface area contributed by atoms with Gasteiger partial charge < -0.3 is 10.1 Å². The van der Waals surface area contributed by atoms with Crippen LogP contribution < -0.4 is 10.1 Å². The lowest BCUT2D eigenvalue weighted by molar-refractivity contribution is 0.192. The Morgan fingerprint density at radius 2 is 2.15 bits per heavy atom. The van der Waals surface area contributed by atoms with Crippen LogP contribution in [0.25, 0.3) is 0 Å². The minimum atomic E-state index is 0.304. The van der Waals surface area contributed by atoms with E-state index in [1.807, 2.05) is 0 Å². The van der Waals surface area contributed by atoms with E-state index in [2.05, 4.69) is 46.4 Å². The molecule has 3 unspecified atom stereocenters. The van der Waals surface area contributed by atoms with Crippen LogP contribution in [0.5, 0.6) is 5.75 Å². The van der Waals surface area contributed by atoms with E-state index in [-0.39, 0.29) is 0 Å². The van der Waals surface area contributed by atoms with Crippen LogP contribution >= 0.6 is 15.9 Å². The van der Waals surface area contributed by atoms with Gasteiger partial charge in [0.25, 0.3) is 0 Å². The highest BCUT2D eigenvalue weighted by Gasteiger charge is 2.27. The van der Waals surface area contributed by atoms with E-state index in [0.29, 0.717) is 12.1 Å². The topological polar surface area (TPSA) is 21.3 Å². The summed E-state index contributed by atoms with van der Waals surface area (Å²) in [4.78, 5) is 0. The Kier molecular flexibility index (Phi) is 4.67. The molecule has 1 aliphatic carbocycles. The molecule has 3 atom stereocenters. The van der Waals surface area contributed by atoms with Crippen molar-refractivity contribution in [1.29, 1.82) is 0 Å². The maximum atomic E-state index is 6.04. The normalized spacial score (nSPS) is 29.0. The number of fused-ring (bicyclic) bond motifs is 1. The highest BCUT2D eigenvalue weighted by atomic mass is 79.9. The van der Waals surface area contributed by atoms with E-state index in [1.165, 1.54) is 37.7 Å². The third kappa shape index (κ3) is 3.20. The predicted molar refractivity (Wildman–Crippen MR) is 86.3 cm³/mol. The van der Waals surface area contributed by atoms with Crippen LogP contribution in [0, 0.1) is 5.92 Å². The molecule has 3 rings (SSSR count). The van der Waals surface area contributed by atoms with Gasteiger partial charge in [0.2, 0.25) is 0 Å². The SMILES string of the molecule is CCC1CCCCC1NCC1Cc2cc(Br)ccc2O1. The Labute approximate surface area is 130 Å². The molecule has 2 nitrogen and oxygen atoms in total. The predicted octanol–water partition coefficient (Wildman–Crippen LogP) is 4.31. The second kappa shape index (κ2) is 6.48. The van der Waals surface area contributed by atoms with E-state index in [9.17, 15) is 0 Å². The largest absolute Gasteiger partial charge is 0.488 e. The monoisotopic (exact) mass is 337 g/mol. The third-order valence-corrected chi connectivity index (χ3v) is 5.30. The lowest BCUT2D eigenvalue weighted by atomic mass is 9.83. The maximum Gasteiger partial charge on any atom is 0.123 e. The first-order valence-corrected chi connectivity index (χ1v) is 8.74. The summed E-state index contributed by atoms with van der Waals surface area (Å²) in [6, 6.07) is 7.02. The van der Waals surface area contributed by atoms with E-state index in [1.54, 1.807) is 0 Å². The van der Waals surface area contributed by atoms with Gasteiger partial charge in [-0.3, -0.25) is 0 Å². The molecule has 1 saturated carbocycles. The van der Waals surface area contributed by atoms with Gasteiger partial charge in [0.15, 0.2) is 0 Å². The van der Waals surface area contributed by atoms with Crippen molar-refractivity contribution in [2.24, 2.45) is 5.92 Å². The fraction of sp³-hybridized carbons (Fsp3) is 0.647. The molecule has 0 amide bonds. The average molecular weight is 338 g/mol. The average Bonchev–Trinajstić information content (AvgIpc) is 2.87. The summed E-state index contributed by atoms with van der Waals surface area (Å²) in [5.74, 6) is 1.93. The Balaban J connectivity index is 1.53. The Hall–Kier alpha value is -0.540. The first kappa shape index (κ1) is 14.4. The number of rotatable bonds is 4. The van der Waals surface area contributed by atoms with Gasteiger partial charge in [-0.15, -0.1) is 0 Å². The van der Waals surface area contributed by atoms with Crippen LogP contribution in [-0.4, -0.2) is 18.7 Å². The van der Waals surface area contributed by atoms with Crippen LogP contribution in [0.4, 0.5) is 0 Å². The van der Waals surface area contributed by atoms with E-state index in [0.717, 1.165) is 29.1 Å². The van der Waals surface area contributed by atoms with E-state index >= 15 is 0 Å². The van der Waals surface area contributed by atoms with Crippen LogP contribution in [-0.2, 0) is 6.42 Å². The van der Waals surface area contributed by atoms with Crippen molar-refractivity contribution in [3.8, 4) is 5.75 Å². The highest BCUT2D eigenvalue weighted by molar-refractivity contribution is 9.10. The molecule has 1 aromatic carbocycles. The van der Waals surface area contributed by atoms with Gasteiger partial charge in [0.1, 0.15) is 11.9 Å². The molecule has 1 N–H and O–H groups in total. The summed E-state index contributed by atoms with van der Waals surface area (Å²) in [5, 5.41) is 3.78. The quantitative estimate of drug-likeness (QED) is 0.883. The molecule has 1 heterocycles. The first-order chi connectivity index (χ1) is 9.76. The fourth-order valence-corrected chi connectivity index (χ4v) is 4.06. The van der Waals surface area contributed by atoms with Crippen molar-refractivity contribution < 1.29 is 4.74 Å². The Bertz CT molecular complexity index is 462. The summed E-state index contributed by atoms with van der Waals surface area (Å²) in [5.41, 5.74) is 1.34. The fourth-order valence-electron chi connectivity index (χ4n) is 3.65. The summed E-state index contributed by atoms with van der Waals surface area (Å²) in [6.45, 7) is 3.30. The maximum absolute atomic E-state index is 6.04. The van der Waals surface area contributed by atoms with Crippen molar-refractivity contribution in [2.75, 3.05) is 6.54 Å². The number of ether oxygens (including phenoxy) is 1. The molecule has 2 aliphatic rings. The highest BCUT2D eigenvalue weighted by Crippen LogP contribution is 2.31. The zero-order valence-corrected chi connectivity index (χ0v) is 13.8. The number of hydrogen-bond donors (Lipinski definition) is 1. The van der Waals surface area contributed by atoms with Crippen molar-refractivity contribution >= 4 is 15.9 Å². The van der Waals surface area contributed by atoms with Gasteiger partial charge in [-0.1, -0.05) is 42.1 Å². The van der Waals surface area contributed by atoms with Gasteiger partial charge >= 0.3 is 0 Å². The summed E-state index contributed by atoms with van der Waals surface area (Å²) >= 11 is 3.53. The zero-order chi connectivity index (χ0) is 13.9. The minimum absolute atomic E-state index is 0.304. The van der Waals surface area contributed by atoms with Crippen LogP contribution in [0.1, 0.15) is 44.6 Å². The second-order valence-electron chi connectivity index (χ2n) is 6.16. The number of nitrogens with one attached hydrogen (secondary N) is 1. The molecular formula is C17H24BrNO. The molecule has 1 fully saturated rings. The Morgan fingerprint density at radius 1 is 1.30 bits per heavy atom. The first-order valence-electron chi connectivity index (χ1n) is 7.94. The molecule has 1 aliphatic heterocycles. The lowest BCUT2D eigenvalue weighted by Gasteiger charge is -2.32. The van der Waals surface area contributed by atoms with Gasteiger partial charge in [0, 0.05) is 23.5 Å². The molecule has 0 saturated heterocycles. The van der Waals surface area contributed by atoms with Gasteiger partial charge in [-0.2, -0.15) is 0 Å². The summed E-state index contributed by atoms with van der Waals surface area (Å²) in [6.07, 6.45) is 8.17. The molecule has 0 bridgehead atoms. The summed E-state index contributed by atoms with van der Waals surface area (Å²) < 4.78 is 7.18. The Morgan fingerprint density at radius 3 is 3.00 bits per heavy atom. The van der Waals surface area contributed by atoms with Gasteiger partial charge in [-0.05, 0) is 42.5 Å². The zero-order valence-electron chi connectivity index (χ0n) is 12.2. The molecule has 0 radical (unpaired) electrons. The molecule has 0 aromatic heterocycles. The van der Waals surface area contributed by atoms with Gasteiger partial charge in [0.05, 0.1) is 0 Å². The van der Waals surface area contributed by atoms with Gasteiger partial charge in [-0.25, -0.2) is 0 Å². The second-order valence-corrected chi connectivity index (χ2v) is 7.08. The minimum Gasteiger partial charge on any atom is -0.488 e. The van der Waals surface area contributed by atoms with Crippen molar-refractivity contribution in [1.82, 2.24) is 5.32 Å². The third-order valence-electron chi connectivity index (χ3n) is 4.80. The van der Waals surface area contributed by atoms with E-state index in [4.69, 9.17) is 4.74 Å². The van der Waals surface area contributed by atoms with Crippen molar-refractivity contribution in [3.63, 3.8) is 0 Å². The van der Waals surface area contributed by atoms with Crippen LogP contribution in [0.2, 0.25) is 0 Å². The number of benzene rings is 1. The van der Waals surface area contributed by atoms with Crippen molar-refractivity contribution in [2.45, 2.75) is 57.6 Å². The molecule has 3 heteroatoms. The van der Waals surface area contributed by atoms with Crippen LogP contribution in [0.15, 0.2) is 22.7 Å². The molecular weight excluding hydrogens is 314 g/mol.